The van der Waals surface area contributed by atoms with Crippen LogP contribution < -0.4 is 0 Å². The molecule has 3 heteroatoms. The zero-order chi connectivity index (χ0) is 17.9. The normalized spacial score (nSPS) is 12.3. The number of aliphatic hydroxyl groups is 1. The fourth-order valence-corrected chi connectivity index (χ4v) is 2.90. The van der Waals surface area contributed by atoms with Gasteiger partial charge in [0.15, 0.2) is 0 Å². The minimum Gasteiger partial charge on any atom is -0.463 e. The fourth-order valence-electron chi connectivity index (χ4n) is 2.90. The van der Waals surface area contributed by atoms with Crippen molar-refractivity contribution >= 4 is 5.97 Å². The van der Waals surface area contributed by atoms with Crippen LogP contribution >= 0.6 is 0 Å². The van der Waals surface area contributed by atoms with Crippen LogP contribution in [0.4, 0.5) is 0 Å². The van der Waals surface area contributed by atoms with Gasteiger partial charge in [0.1, 0.15) is 6.61 Å². The number of hydrogen-bond donors (Lipinski definition) is 1. The molecule has 0 aliphatic carbocycles. The van der Waals surface area contributed by atoms with Crippen molar-refractivity contribution in [2.24, 2.45) is 0 Å². The van der Waals surface area contributed by atoms with Crippen molar-refractivity contribution in [1.29, 1.82) is 0 Å². The van der Waals surface area contributed by atoms with Crippen LogP contribution in [0.15, 0.2) is 0 Å². The number of esters is 1. The van der Waals surface area contributed by atoms with Crippen LogP contribution in [0.5, 0.6) is 0 Å². The van der Waals surface area contributed by atoms with Crippen LogP contribution in [-0.2, 0) is 9.53 Å². The van der Waals surface area contributed by atoms with Gasteiger partial charge in [-0.25, -0.2) is 0 Å². The minimum absolute atomic E-state index is 0.0115. The summed E-state index contributed by atoms with van der Waals surface area (Å²) in [6, 6.07) is 0. The molecule has 0 bridgehead atoms. The molecule has 143 valence electrons. The van der Waals surface area contributed by atoms with E-state index in [4.69, 9.17) is 9.84 Å². The maximum atomic E-state index is 11.3. The average molecular weight is 342 g/mol. The Morgan fingerprint density at radius 2 is 1.17 bits per heavy atom. The van der Waals surface area contributed by atoms with Crippen molar-refractivity contribution < 1.29 is 14.6 Å². The van der Waals surface area contributed by atoms with Crippen molar-refractivity contribution in [3.05, 3.63) is 6.92 Å². The van der Waals surface area contributed by atoms with Crippen molar-refractivity contribution in [3.8, 4) is 0 Å². The van der Waals surface area contributed by atoms with Gasteiger partial charge < -0.3 is 9.84 Å². The molecule has 3 nitrogen and oxygen atoms in total. The molecule has 1 N–H and O–H groups in total. The molecule has 0 aromatic rings. The average Bonchev–Trinajstić information content (AvgIpc) is 2.56. The van der Waals surface area contributed by atoms with Gasteiger partial charge in [0, 0.05) is 6.42 Å². The quantitative estimate of drug-likeness (QED) is 0.246. The standard InChI is InChI=1S/C21H41O3/c1-3-4-5-6-7-8-9-10-11-12-13-14-15-16-17-18-21(23)24-19-20(2)22/h20,22H,2-19H2,1H3. The molecular formula is C21H41O3. The zero-order valence-electron chi connectivity index (χ0n) is 16.1. The topological polar surface area (TPSA) is 46.5 Å². The number of rotatable bonds is 18. The van der Waals surface area contributed by atoms with E-state index in [0.29, 0.717) is 6.42 Å². The third-order valence-electron chi connectivity index (χ3n) is 4.42. The highest BCUT2D eigenvalue weighted by molar-refractivity contribution is 5.69. The van der Waals surface area contributed by atoms with Gasteiger partial charge in [-0.15, -0.1) is 0 Å². The first-order chi connectivity index (χ1) is 11.7. The molecule has 24 heavy (non-hydrogen) atoms. The van der Waals surface area contributed by atoms with Gasteiger partial charge in [-0.1, -0.05) is 96.8 Å². The third kappa shape index (κ3) is 19.5. The van der Waals surface area contributed by atoms with E-state index in [1.165, 1.54) is 83.5 Å². The highest BCUT2D eigenvalue weighted by atomic mass is 16.5. The molecule has 0 aromatic carbocycles. The Bertz CT molecular complexity index is 264. The molecular weight excluding hydrogens is 300 g/mol. The van der Waals surface area contributed by atoms with E-state index < -0.39 is 6.10 Å². The first-order valence-corrected chi connectivity index (χ1v) is 10.3. The number of ether oxygens (including phenoxy) is 1. The number of unbranched alkanes of at least 4 members (excludes halogenated alkanes) is 14. The van der Waals surface area contributed by atoms with Crippen LogP contribution in [0.3, 0.4) is 0 Å². The van der Waals surface area contributed by atoms with E-state index in [0.717, 1.165) is 12.8 Å². The smallest absolute Gasteiger partial charge is 0.305 e. The van der Waals surface area contributed by atoms with Gasteiger partial charge >= 0.3 is 5.97 Å². The van der Waals surface area contributed by atoms with Gasteiger partial charge in [0.2, 0.25) is 0 Å². The third-order valence-corrected chi connectivity index (χ3v) is 4.42. The summed E-state index contributed by atoms with van der Waals surface area (Å²) in [6.45, 7) is 5.65. The molecule has 1 unspecified atom stereocenters. The molecule has 0 spiro atoms. The second-order valence-corrected chi connectivity index (χ2v) is 7.04. The van der Waals surface area contributed by atoms with Crippen molar-refractivity contribution in [2.45, 2.75) is 116 Å². The summed E-state index contributed by atoms with van der Waals surface area (Å²) in [5.41, 5.74) is 0. The second kappa shape index (κ2) is 18.8. The van der Waals surface area contributed by atoms with Gasteiger partial charge in [0.05, 0.1) is 6.10 Å². The highest BCUT2D eigenvalue weighted by Gasteiger charge is 2.04. The van der Waals surface area contributed by atoms with Gasteiger partial charge in [-0.3, -0.25) is 4.79 Å². The second-order valence-electron chi connectivity index (χ2n) is 7.04. The van der Waals surface area contributed by atoms with E-state index in [1.807, 2.05) is 0 Å². The maximum Gasteiger partial charge on any atom is 0.305 e. The number of carbonyl (C=O) groups excluding carboxylic acids is 1. The molecule has 0 rings (SSSR count). The SMILES string of the molecule is [CH2]C(O)COC(=O)CCCCCCCCCCCCCCCCC. The number of aliphatic hydroxyl groups excluding tert-OH is 1. The Hall–Kier alpha value is -0.570. The maximum absolute atomic E-state index is 11.3. The first-order valence-electron chi connectivity index (χ1n) is 10.3. The van der Waals surface area contributed by atoms with Gasteiger partial charge in [-0.05, 0) is 13.3 Å². The molecule has 0 saturated carbocycles. The first kappa shape index (κ1) is 23.4. The lowest BCUT2D eigenvalue weighted by atomic mass is 10.0. The summed E-state index contributed by atoms with van der Waals surface area (Å²) in [6.07, 6.45) is 19.5. The summed E-state index contributed by atoms with van der Waals surface area (Å²) >= 11 is 0. The summed E-state index contributed by atoms with van der Waals surface area (Å²) in [5.74, 6) is -0.215. The van der Waals surface area contributed by atoms with Crippen molar-refractivity contribution in [1.82, 2.24) is 0 Å². The van der Waals surface area contributed by atoms with Crippen LogP contribution in [0.25, 0.3) is 0 Å². The van der Waals surface area contributed by atoms with E-state index in [2.05, 4.69) is 13.8 Å². The predicted octanol–water partition coefficient (Wildman–Crippen LogP) is 5.99. The van der Waals surface area contributed by atoms with Gasteiger partial charge in [0.25, 0.3) is 0 Å². The van der Waals surface area contributed by atoms with E-state index in [1.54, 1.807) is 0 Å². The number of carbonyl (C=O) groups is 1. The Kier molecular flexibility index (Phi) is 18.3. The highest BCUT2D eigenvalue weighted by Crippen LogP contribution is 2.13. The van der Waals surface area contributed by atoms with Crippen LogP contribution in [0.1, 0.15) is 110 Å². The predicted molar refractivity (Wildman–Crippen MR) is 102 cm³/mol. The molecule has 1 radical (unpaired) electrons. The Balaban J connectivity index is 3.08. The van der Waals surface area contributed by atoms with E-state index in [9.17, 15) is 4.79 Å². The molecule has 0 amide bonds. The molecule has 0 aromatic heterocycles. The molecule has 0 aliphatic heterocycles. The largest absolute Gasteiger partial charge is 0.463 e. The molecule has 0 saturated heterocycles. The van der Waals surface area contributed by atoms with Gasteiger partial charge in [-0.2, -0.15) is 0 Å². The van der Waals surface area contributed by atoms with Crippen LogP contribution in [0, 0.1) is 6.92 Å². The summed E-state index contributed by atoms with van der Waals surface area (Å²) in [5, 5.41) is 8.92. The molecule has 0 heterocycles. The Morgan fingerprint density at radius 1 is 0.792 bits per heavy atom. The lowest BCUT2D eigenvalue weighted by Gasteiger charge is -2.06. The lowest BCUT2D eigenvalue weighted by Crippen LogP contribution is -2.15. The minimum atomic E-state index is -0.810. The lowest BCUT2D eigenvalue weighted by molar-refractivity contribution is -0.146. The Labute approximate surface area is 150 Å². The van der Waals surface area contributed by atoms with Crippen molar-refractivity contribution in [3.63, 3.8) is 0 Å². The van der Waals surface area contributed by atoms with Crippen molar-refractivity contribution in [2.75, 3.05) is 6.61 Å². The molecule has 0 fully saturated rings. The summed E-state index contributed by atoms with van der Waals surface area (Å²) in [7, 11) is 0. The van der Waals surface area contributed by atoms with E-state index >= 15 is 0 Å². The summed E-state index contributed by atoms with van der Waals surface area (Å²) < 4.78 is 4.87. The van der Waals surface area contributed by atoms with Crippen LogP contribution in [0.2, 0.25) is 0 Å². The Morgan fingerprint density at radius 3 is 1.54 bits per heavy atom. The zero-order valence-corrected chi connectivity index (χ0v) is 16.1. The number of hydrogen-bond acceptors (Lipinski definition) is 3. The molecule has 1 atom stereocenters. The molecule has 0 aliphatic rings. The fraction of sp³-hybridized carbons (Fsp3) is 0.905. The monoisotopic (exact) mass is 341 g/mol. The van der Waals surface area contributed by atoms with Crippen LogP contribution in [-0.4, -0.2) is 23.8 Å². The summed E-state index contributed by atoms with van der Waals surface area (Å²) in [4.78, 5) is 11.3. The van der Waals surface area contributed by atoms with E-state index in [-0.39, 0.29) is 12.6 Å².